The quantitative estimate of drug-likeness (QED) is 0.273. The highest BCUT2D eigenvalue weighted by atomic mass is 32.1. The van der Waals surface area contributed by atoms with Crippen molar-refractivity contribution >= 4 is 22.4 Å². The summed E-state index contributed by atoms with van der Waals surface area (Å²) in [5.41, 5.74) is 7.24. The van der Waals surface area contributed by atoms with Gasteiger partial charge in [-0.05, 0) is 41.2 Å². The Morgan fingerprint density at radius 2 is 1.29 bits per heavy atom. The molecule has 1 aromatic heterocycles. The summed E-state index contributed by atoms with van der Waals surface area (Å²) in [5.74, 6) is -0.121. The third-order valence-corrected chi connectivity index (χ3v) is 6.56. The number of hydrogen-bond donors (Lipinski definition) is 1. The molecule has 0 bridgehead atoms. The SMILES string of the molecule is O=C(Nc1nc(-c2ccc(-c3ccccc3)cc2)cs1)c1ccccc1CCc1ccccc1. The summed E-state index contributed by atoms with van der Waals surface area (Å²) in [5, 5.41) is 5.58. The maximum absolute atomic E-state index is 13.0. The van der Waals surface area contributed by atoms with E-state index >= 15 is 0 Å². The standard InChI is InChI=1S/C30H24N2OS/c33-29(27-14-8-7-13-25(27)16-15-22-9-3-1-4-10-22)32-30-31-28(21-34-30)26-19-17-24(18-20-26)23-11-5-2-6-12-23/h1-14,17-21H,15-16H2,(H,31,32,33). The zero-order valence-electron chi connectivity index (χ0n) is 18.6. The fourth-order valence-electron chi connectivity index (χ4n) is 3.98. The molecule has 1 heterocycles. The summed E-state index contributed by atoms with van der Waals surface area (Å²) < 4.78 is 0. The first-order valence-corrected chi connectivity index (χ1v) is 12.2. The second-order valence-electron chi connectivity index (χ2n) is 8.08. The first-order valence-electron chi connectivity index (χ1n) is 11.3. The number of anilines is 1. The van der Waals surface area contributed by atoms with Gasteiger partial charge in [-0.2, -0.15) is 0 Å². The van der Waals surface area contributed by atoms with E-state index in [0.29, 0.717) is 10.7 Å². The molecule has 166 valence electrons. The van der Waals surface area contributed by atoms with Gasteiger partial charge in [-0.1, -0.05) is 103 Å². The maximum atomic E-state index is 13.0. The summed E-state index contributed by atoms with van der Waals surface area (Å²) in [6.45, 7) is 0. The Balaban J connectivity index is 1.27. The number of carbonyl (C=O) groups is 1. The van der Waals surface area contributed by atoms with Crippen molar-refractivity contribution in [3.8, 4) is 22.4 Å². The van der Waals surface area contributed by atoms with E-state index in [1.54, 1.807) is 0 Å². The molecule has 1 N–H and O–H groups in total. The molecule has 0 saturated carbocycles. The Morgan fingerprint density at radius 3 is 2.06 bits per heavy atom. The number of benzene rings is 4. The average Bonchev–Trinajstić information content (AvgIpc) is 3.37. The fourth-order valence-corrected chi connectivity index (χ4v) is 4.69. The summed E-state index contributed by atoms with van der Waals surface area (Å²) in [4.78, 5) is 17.7. The topological polar surface area (TPSA) is 42.0 Å². The molecule has 5 aromatic rings. The molecule has 0 saturated heterocycles. The van der Waals surface area contributed by atoms with Gasteiger partial charge in [-0.15, -0.1) is 11.3 Å². The average molecular weight is 461 g/mol. The van der Waals surface area contributed by atoms with Crippen molar-refractivity contribution in [2.45, 2.75) is 12.8 Å². The van der Waals surface area contributed by atoms with E-state index in [0.717, 1.165) is 29.7 Å². The lowest BCUT2D eigenvalue weighted by Crippen LogP contribution is -2.14. The molecule has 0 aliphatic heterocycles. The first-order chi connectivity index (χ1) is 16.8. The minimum Gasteiger partial charge on any atom is -0.298 e. The lowest BCUT2D eigenvalue weighted by atomic mass is 9.99. The number of hydrogen-bond acceptors (Lipinski definition) is 3. The Hall–Kier alpha value is -4.02. The highest BCUT2D eigenvalue weighted by Crippen LogP contribution is 2.28. The molecule has 0 aliphatic carbocycles. The van der Waals surface area contributed by atoms with Crippen molar-refractivity contribution < 1.29 is 4.79 Å². The van der Waals surface area contributed by atoms with Gasteiger partial charge in [0.15, 0.2) is 5.13 Å². The van der Waals surface area contributed by atoms with Crippen LogP contribution in [0.1, 0.15) is 21.5 Å². The molecule has 0 fully saturated rings. The van der Waals surface area contributed by atoms with Crippen molar-refractivity contribution in [1.82, 2.24) is 4.98 Å². The Morgan fingerprint density at radius 1 is 0.676 bits per heavy atom. The predicted molar refractivity (Wildman–Crippen MR) is 141 cm³/mol. The minimum atomic E-state index is -0.121. The first kappa shape index (κ1) is 21.8. The highest BCUT2D eigenvalue weighted by molar-refractivity contribution is 7.14. The summed E-state index contributed by atoms with van der Waals surface area (Å²) in [6, 6.07) is 36.8. The number of rotatable bonds is 7. The van der Waals surface area contributed by atoms with Gasteiger partial charge in [0.1, 0.15) is 0 Å². The van der Waals surface area contributed by atoms with Crippen LogP contribution in [0, 0.1) is 0 Å². The van der Waals surface area contributed by atoms with Crippen LogP contribution in [-0.2, 0) is 12.8 Å². The van der Waals surface area contributed by atoms with Gasteiger partial charge in [0.2, 0.25) is 0 Å². The van der Waals surface area contributed by atoms with E-state index in [2.05, 4.69) is 58.8 Å². The summed E-state index contributed by atoms with van der Waals surface area (Å²) in [7, 11) is 0. The lowest BCUT2D eigenvalue weighted by molar-refractivity contribution is 0.102. The molecular weight excluding hydrogens is 436 g/mol. The van der Waals surface area contributed by atoms with Crippen molar-refractivity contribution in [1.29, 1.82) is 0 Å². The van der Waals surface area contributed by atoms with Crippen molar-refractivity contribution in [2.24, 2.45) is 0 Å². The second-order valence-corrected chi connectivity index (χ2v) is 8.94. The number of nitrogens with zero attached hydrogens (tertiary/aromatic N) is 1. The molecular formula is C30H24N2OS. The number of carbonyl (C=O) groups excluding carboxylic acids is 1. The van der Waals surface area contributed by atoms with Crippen LogP contribution in [0.2, 0.25) is 0 Å². The van der Waals surface area contributed by atoms with Crippen LogP contribution in [0.15, 0.2) is 115 Å². The zero-order chi connectivity index (χ0) is 23.2. The number of aromatic nitrogens is 1. The Labute approximate surface area is 203 Å². The predicted octanol–water partition coefficient (Wildman–Crippen LogP) is 7.51. The van der Waals surface area contributed by atoms with Gasteiger partial charge >= 0.3 is 0 Å². The molecule has 0 aliphatic rings. The smallest absolute Gasteiger partial charge is 0.257 e. The highest BCUT2D eigenvalue weighted by Gasteiger charge is 2.14. The number of aryl methyl sites for hydroxylation is 2. The molecule has 3 nitrogen and oxygen atoms in total. The Kier molecular flexibility index (Phi) is 6.59. The number of amides is 1. The van der Waals surface area contributed by atoms with E-state index in [-0.39, 0.29) is 5.91 Å². The van der Waals surface area contributed by atoms with Gasteiger partial charge < -0.3 is 0 Å². The van der Waals surface area contributed by atoms with Crippen LogP contribution < -0.4 is 5.32 Å². The molecule has 4 aromatic carbocycles. The van der Waals surface area contributed by atoms with Crippen LogP contribution in [0.25, 0.3) is 22.4 Å². The molecule has 1 amide bonds. The summed E-state index contributed by atoms with van der Waals surface area (Å²) in [6.07, 6.45) is 1.70. The van der Waals surface area contributed by atoms with Crippen molar-refractivity contribution in [3.05, 3.63) is 131 Å². The van der Waals surface area contributed by atoms with Crippen LogP contribution in [0.5, 0.6) is 0 Å². The maximum Gasteiger partial charge on any atom is 0.257 e. The van der Waals surface area contributed by atoms with E-state index in [4.69, 9.17) is 0 Å². The second kappa shape index (κ2) is 10.3. The van der Waals surface area contributed by atoms with Crippen LogP contribution in [0.4, 0.5) is 5.13 Å². The molecule has 5 rings (SSSR count). The number of thiazole rings is 1. The third-order valence-electron chi connectivity index (χ3n) is 5.80. The van der Waals surface area contributed by atoms with Crippen LogP contribution >= 0.6 is 11.3 Å². The monoisotopic (exact) mass is 460 g/mol. The molecule has 4 heteroatoms. The van der Waals surface area contributed by atoms with Crippen LogP contribution in [-0.4, -0.2) is 10.9 Å². The summed E-state index contributed by atoms with van der Waals surface area (Å²) >= 11 is 1.44. The molecule has 0 spiro atoms. The normalized spacial score (nSPS) is 10.7. The van der Waals surface area contributed by atoms with Gasteiger partial charge in [0.05, 0.1) is 5.69 Å². The Bertz CT molecular complexity index is 1380. The number of nitrogens with one attached hydrogen (secondary N) is 1. The van der Waals surface area contributed by atoms with Gasteiger partial charge in [0, 0.05) is 16.5 Å². The van der Waals surface area contributed by atoms with E-state index < -0.39 is 0 Å². The van der Waals surface area contributed by atoms with Crippen molar-refractivity contribution in [3.63, 3.8) is 0 Å². The molecule has 0 radical (unpaired) electrons. The molecule has 34 heavy (non-hydrogen) atoms. The van der Waals surface area contributed by atoms with Crippen molar-refractivity contribution in [2.75, 3.05) is 5.32 Å². The third kappa shape index (κ3) is 5.13. The van der Waals surface area contributed by atoms with Crippen LogP contribution in [0.3, 0.4) is 0 Å². The van der Waals surface area contributed by atoms with Gasteiger partial charge in [-0.25, -0.2) is 4.98 Å². The van der Waals surface area contributed by atoms with E-state index in [1.807, 2.05) is 66.0 Å². The van der Waals surface area contributed by atoms with E-state index in [9.17, 15) is 4.79 Å². The zero-order valence-corrected chi connectivity index (χ0v) is 19.5. The molecule has 0 atom stereocenters. The van der Waals surface area contributed by atoms with Gasteiger partial charge in [-0.3, -0.25) is 10.1 Å². The lowest BCUT2D eigenvalue weighted by Gasteiger charge is -2.09. The fraction of sp³-hybridized carbons (Fsp3) is 0.0667. The molecule has 0 unspecified atom stereocenters. The van der Waals surface area contributed by atoms with Gasteiger partial charge in [0.25, 0.3) is 5.91 Å². The largest absolute Gasteiger partial charge is 0.298 e. The van der Waals surface area contributed by atoms with E-state index in [1.165, 1.54) is 28.0 Å². The minimum absolute atomic E-state index is 0.121.